The van der Waals surface area contributed by atoms with E-state index in [-0.39, 0.29) is 5.91 Å². The molecule has 20 heavy (non-hydrogen) atoms. The Morgan fingerprint density at radius 3 is 2.25 bits per heavy atom. The third-order valence-electron chi connectivity index (χ3n) is 4.58. The summed E-state index contributed by atoms with van der Waals surface area (Å²) in [6.45, 7) is 7.69. The van der Waals surface area contributed by atoms with Crippen LogP contribution >= 0.6 is 0 Å². The van der Waals surface area contributed by atoms with Crippen LogP contribution in [0.15, 0.2) is 0 Å². The van der Waals surface area contributed by atoms with Gasteiger partial charge in [-0.1, -0.05) is 6.92 Å². The number of halogens is 1. The molecule has 0 saturated carbocycles. The zero-order valence-electron chi connectivity index (χ0n) is 12.9. The fraction of sp³-hybridized carbons (Fsp3) is 0.933. The summed E-state index contributed by atoms with van der Waals surface area (Å²) in [4.78, 5) is 18.2. The van der Waals surface area contributed by atoms with Crippen molar-refractivity contribution in [2.75, 3.05) is 52.9 Å². The zero-order chi connectivity index (χ0) is 14.6. The number of amides is 1. The van der Waals surface area contributed by atoms with Gasteiger partial charge in [0, 0.05) is 65.1 Å². The molecule has 2 aliphatic heterocycles. The molecule has 0 aromatic carbocycles. The molecule has 0 spiro atoms. The van der Waals surface area contributed by atoms with Gasteiger partial charge in [-0.15, -0.1) is 0 Å². The lowest BCUT2D eigenvalue weighted by Crippen LogP contribution is -2.53. The van der Waals surface area contributed by atoms with Crippen molar-refractivity contribution in [3.63, 3.8) is 0 Å². The third kappa shape index (κ3) is 4.16. The number of carbonyl (C=O) groups excluding carboxylic acids is 1. The summed E-state index contributed by atoms with van der Waals surface area (Å²) in [5, 5.41) is 0. The molecule has 0 aromatic heterocycles. The summed E-state index contributed by atoms with van der Waals surface area (Å²) in [6.07, 6.45) is 2.46. The Morgan fingerprint density at radius 1 is 1.10 bits per heavy atom. The normalized spacial score (nSPS) is 24.9. The Bertz CT molecular complexity index is 321. The molecule has 5 heteroatoms. The van der Waals surface area contributed by atoms with Crippen LogP contribution in [0.1, 0.15) is 32.6 Å². The summed E-state index contributed by atoms with van der Waals surface area (Å²) in [5.74, 6) is 0.189. The molecule has 0 bridgehead atoms. The number of nitrogens with zero attached hydrogens (tertiary/aromatic N) is 3. The lowest BCUT2D eigenvalue weighted by molar-refractivity contribution is -0.134. The average Bonchev–Trinajstić information content (AvgIpc) is 2.42. The van der Waals surface area contributed by atoms with E-state index in [9.17, 15) is 9.18 Å². The summed E-state index contributed by atoms with van der Waals surface area (Å²) >= 11 is 0. The molecule has 2 heterocycles. The maximum atomic E-state index is 14.9. The number of hydrogen-bond donors (Lipinski definition) is 0. The second kappa shape index (κ2) is 6.85. The quantitative estimate of drug-likeness (QED) is 0.780. The van der Waals surface area contributed by atoms with Gasteiger partial charge in [0.1, 0.15) is 5.67 Å². The molecule has 0 N–H and O–H groups in total. The van der Waals surface area contributed by atoms with Crippen LogP contribution in [-0.4, -0.2) is 79.1 Å². The van der Waals surface area contributed by atoms with Crippen LogP contribution < -0.4 is 0 Å². The summed E-state index contributed by atoms with van der Waals surface area (Å²) < 4.78 is 14.9. The Hall–Kier alpha value is -0.680. The molecule has 0 radical (unpaired) electrons. The van der Waals surface area contributed by atoms with E-state index in [1.54, 1.807) is 0 Å². The Labute approximate surface area is 121 Å². The minimum absolute atomic E-state index is 0.189. The maximum Gasteiger partial charge on any atom is 0.222 e. The van der Waals surface area contributed by atoms with Crippen molar-refractivity contribution in [2.24, 2.45) is 0 Å². The van der Waals surface area contributed by atoms with E-state index in [4.69, 9.17) is 0 Å². The van der Waals surface area contributed by atoms with Crippen molar-refractivity contribution < 1.29 is 9.18 Å². The number of piperazine rings is 1. The summed E-state index contributed by atoms with van der Waals surface area (Å²) in [5.41, 5.74) is -1.10. The highest BCUT2D eigenvalue weighted by Gasteiger charge is 2.37. The molecule has 2 rings (SSSR count). The topological polar surface area (TPSA) is 26.8 Å². The van der Waals surface area contributed by atoms with Gasteiger partial charge in [-0.05, 0) is 13.5 Å². The van der Waals surface area contributed by atoms with E-state index in [0.717, 1.165) is 32.6 Å². The number of carbonyl (C=O) groups is 1. The number of hydrogen-bond acceptors (Lipinski definition) is 3. The Kier molecular flexibility index (Phi) is 5.38. The monoisotopic (exact) mass is 285 g/mol. The highest BCUT2D eigenvalue weighted by molar-refractivity contribution is 5.76. The molecule has 116 valence electrons. The molecule has 1 amide bonds. The SMILES string of the molecule is CCCC(=O)N1CCC(F)(CN2CCN(C)CC2)CC1. The molecule has 4 nitrogen and oxygen atoms in total. The van der Waals surface area contributed by atoms with Gasteiger partial charge in [0.15, 0.2) is 0 Å². The van der Waals surface area contributed by atoms with E-state index < -0.39 is 5.67 Å². The van der Waals surface area contributed by atoms with Crippen LogP contribution in [0.5, 0.6) is 0 Å². The lowest BCUT2D eigenvalue weighted by Gasteiger charge is -2.41. The smallest absolute Gasteiger partial charge is 0.222 e. The molecular formula is C15H28FN3O. The number of likely N-dealkylation sites (N-methyl/N-ethyl adjacent to an activating group) is 1. The lowest BCUT2D eigenvalue weighted by atomic mass is 9.92. The largest absolute Gasteiger partial charge is 0.342 e. The predicted molar refractivity (Wildman–Crippen MR) is 78.5 cm³/mol. The van der Waals surface area contributed by atoms with Gasteiger partial charge >= 0.3 is 0 Å². The minimum atomic E-state index is -1.10. The van der Waals surface area contributed by atoms with Gasteiger partial charge in [0.25, 0.3) is 0 Å². The van der Waals surface area contributed by atoms with Crippen LogP contribution in [0.2, 0.25) is 0 Å². The van der Waals surface area contributed by atoms with Crippen LogP contribution in [-0.2, 0) is 4.79 Å². The fourth-order valence-electron chi connectivity index (χ4n) is 3.09. The minimum Gasteiger partial charge on any atom is -0.342 e. The second-order valence-corrected chi connectivity index (χ2v) is 6.36. The number of alkyl halides is 1. The Balaban J connectivity index is 1.77. The molecule has 2 fully saturated rings. The van der Waals surface area contributed by atoms with Crippen molar-refractivity contribution in [3.8, 4) is 0 Å². The van der Waals surface area contributed by atoms with E-state index in [0.29, 0.717) is 38.9 Å². The highest BCUT2D eigenvalue weighted by atomic mass is 19.1. The molecule has 0 aromatic rings. The first-order valence-electron chi connectivity index (χ1n) is 7.90. The van der Waals surface area contributed by atoms with Gasteiger partial charge in [0.05, 0.1) is 0 Å². The van der Waals surface area contributed by atoms with Crippen molar-refractivity contribution in [3.05, 3.63) is 0 Å². The van der Waals surface area contributed by atoms with Crippen LogP contribution in [0.4, 0.5) is 4.39 Å². The van der Waals surface area contributed by atoms with E-state index >= 15 is 0 Å². The Morgan fingerprint density at radius 2 is 1.70 bits per heavy atom. The number of rotatable bonds is 4. The first-order chi connectivity index (χ1) is 9.52. The van der Waals surface area contributed by atoms with Gasteiger partial charge in [-0.2, -0.15) is 0 Å². The first kappa shape index (κ1) is 15.7. The third-order valence-corrected chi connectivity index (χ3v) is 4.58. The summed E-state index contributed by atoms with van der Waals surface area (Å²) in [6, 6.07) is 0. The number of likely N-dealkylation sites (tertiary alicyclic amines) is 1. The van der Waals surface area contributed by atoms with Crippen LogP contribution in [0.3, 0.4) is 0 Å². The van der Waals surface area contributed by atoms with Crippen molar-refractivity contribution in [2.45, 2.75) is 38.3 Å². The molecular weight excluding hydrogens is 257 g/mol. The molecule has 0 atom stereocenters. The van der Waals surface area contributed by atoms with Crippen molar-refractivity contribution in [1.82, 2.24) is 14.7 Å². The molecule has 2 saturated heterocycles. The maximum absolute atomic E-state index is 14.9. The zero-order valence-corrected chi connectivity index (χ0v) is 12.9. The van der Waals surface area contributed by atoms with Gasteiger partial charge in [-0.3, -0.25) is 9.69 Å². The van der Waals surface area contributed by atoms with Gasteiger partial charge in [-0.25, -0.2) is 4.39 Å². The van der Waals surface area contributed by atoms with Crippen LogP contribution in [0.25, 0.3) is 0 Å². The van der Waals surface area contributed by atoms with Crippen LogP contribution in [0, 0.1) is 0 Å². The molecule has 2 aliphatic rings. The van der Waals surface area contributed by atoms with E-state index in [2.05, 4.69) is 16.8 Å². The van der Waals surface area contributed by atoms with E-state index in [1.807, 2.05) is 11.8 Å². The average molecular weight is 285 g/mol. The van der Waals surface area contributed by atoms with Crippen molar-refractivity contribution in [1.29, 1.82) is 0 Å². The standard InChI is InChI=1S/C15H28FN3O/c1-3-4-14(20)19-7-5-15(16,6-8-19)13-18-11-9-17(2)10-12-18/h3-13H2,1-2H3. The van der Waals surface area contributed by atoms with Gasteiger partial charge < -0.3 is 9.80 Å². The fourth-order valence-corrected chi connectivity index (χ4v) is 3.09. The van der Waals surface area contributed by atoms with E-state index in [1.165, 1.54) is 0 Å². The summed E-state index contributed by atoms with van der Waals surface area (Å²) in [7, 11) is 2.11. The molecule has 0 aliphatic carbocycles. The van der Waals surface area contributed by atoms with Crippen molar-refractivity contribution >= 4 is 5.91 Å². The first-order valence-corrected chi connectivity index (χ1v) is 7.90. The number of piperidine rings is 1. The second-order valence-electron chi connectivity index (χ2n) is 6.36. The highest BCUT2D eigenvalue weighted by Crippen LogP contribution is 2.28. The molecule has 0 unspecified atom stereocenters. The predicted octanol–water partition coefficient (Wildman–Crippen LogP) is 1.36. The van der Waals surface area contributed by atoms with Gasteiger partial charge in [0.2, 0.25) is 5.91 Å².